The van der Waals surface area contributed by atoms with Crippen molar-refractivity contribution < 1.29 is 4.79 Å². The van der Waals surface area contributed by atoms with Crippen LogP contribution in [0.4, 0.5) is 5.69 Å². The molecule has 0 radical (unpaired) electrons. The number of benzene rings is 1. The van der Waals surface area contributed by atoms with E-state index in [4.69, 9.17) is 0 Å². The maximum absolute atomic E-state index is 12.0. The zero-order valence-corrected chi connectivity index (χ0v) is 15.2. The van der Waals surface area contributed by atoms with Crippen molar-refractivity contribution in [1.29, 1.82) is 0 Å². The molecule has 1 fully saturated rings. The molecule has 1 atom stereocenters. The third-order valence-corrected chi connectivity index (χ3v) is 4.74. The molecule has 3 rings (SSSR count). The summed E-state index contributed by atoms with van der Waals surface area (Å²) < 4.78 is 0. The van der Waals surface area contributed by atoms with Crippen molar-refractivity contribution in [2.45, 2.75) is 13.0 Å². The zero-order valence-electron chi connectivity index (χ0n) is 15.2. The SMILES string of the molecule is CC(CNC(=O)C=Cc1cccnc1)N1CCN(c2ccccc2)CC1. The molecule has 26 heavy (non-hydrogen) atoms. The fraction of sp³-hybridized carbons (Fsp3) is 0.333. The van der Waals surface area contributed by atoms with E-state index < -0.39 is 0 Å². The monoisotopic (exact) mass is 350 g/mol. The molecule has 1 saturated heterocycles. The maximum atomic E-state index is 12.0. The van der Waals surface area contributed by atoms with Crippen LogP contribution in [0.1, 0.15) is 12.5 Å². The summed E-state index contributed by atoms with van der Waals surface area (Å²) in [6, 6.07) is 14.6. The number of carbonyl (C=O) groups excluding carboxylic acids is 1. The van der Waals surface area contributed by atoms with Crippen molar-refractivity contribution in [3.63, 3.8) is 0 Å². The van der Waals surface area contributed by atoms with Gasteiger partial charge in [-0.3, -0.25) is 14.7 Å². The van der Waals surface area contributed by atoms with Gasteiger partial charge in [-0.25, -0.2) is 0 Å². The number of nitrogens with zero attached hydrogens (tertiary/aromatic N) is 3. The number of pyridine rings is 1. The fourth-order valence-corrected chi connectivity index (χ4v) is 3.14. The van der Waals surface area contributed by atoms with Gasteiger partial charge in [0.2, 0.25) is 5.91 Å². The van der Waals surface area contributed by atoms with E-state index in [0.717, 1.165) is 31.7 Å². The minimum absolute atomic E-state index is 0.0661. The molecule has 0 spiro atoms. The first kappa shape index (κ1) is 18.1. The number of hydrogen-bond donors (Lipinski definition) is 1. The predicted octanol–water partition coefficient (Wildman–Crippen LogP) is 2.42. The first-order valence-corrected chi connectivity index (χ1v) is 9.12. The van der Waals surface area contributed by atoms with Crippen LogP contribution in [0.25, 0.3) is 6.08 Å². The molecule has 1 aliphatic heterocycles. The Morgan fingerprint density at radius 3 is 2.62 bits per heavy atom. The quantitative estimate of drug-likeness (QED) is 0.813. The van der Waals surface area contributed by atoms with Crippen LogP contribution in [0.5, 0.6) is 0 Å². The maximum Gasteiger partial charge on any atom is 0.244 e. The Kier molecular flexibility index (Phi) is 6.39. The number of hydrogen-bond acceptors (Lipinski definition) is 4. The Hall–Kier alpha value is -2.66. The number of aromatic nitrogens is 1. The summed E-state index contributed by atoms with van der Waals surface area (Å²) in [6.07, 6.45) is 6.80. The highest BCUT2D eigenvalue weighted by molar-refractivity contribution is 5.91. The molecule has 2 aromatic rings. The molecular weight excluding hydrogens is 324 g/mol. The van der Waals surface area contributed by atoms with Gasteiger partial charge in [-0.15, -0.1) is 0 Å². The molecule has 1 N–H and O–H groups in total. The van der Waals surface area contributed by atoms with Gasteiger partial charge in [0, 0.05) is 62.9 Å². The van der Waals surface area contributed by atoms with Crippen LogP contribution < -0.4 is 10.2 Å². The van der Waals surface area contributed by atoms with Gasteiger partial charge in [-0.1, -0.05) is 24.3 Å². The number of piperazine rings is 1. The second kappa shape index (κ2) is 9.15. The van der Waals surface area contributed by atoms with Crippen LogP contribution in [-0.2, 0) is 4.79 Å². The molecule has 1 aliphatic rings. The van der Waals surface area contributed by atoms with Gasteiger partial charge < -0.3 is 10.2 Å². The number of amides is 1. The van der Waals surface area contributed by atoms with Crippen LogP contribution in [0, 0.1) is 0 Å². The Morgan fingerprint density at radius 2 is 1.92 bits per heavy atom. The molecule has 1 unspecified atom stereocenters. The lowest BCUT2D eigenvalue weighted by Gasteiger charge is -2.39. The molecule has 5 nitrogen and oxygen atoms in total. The van der Waals surface area contributed by atoms with Gasteiger partial charge in [0.25, 0.3) is 0 Å². The lowest BCUT2D eigenvalue weighted by atomic mass is 10.2. The highest BCUT2D eigenvalue weighted by Gasteiger charge is 2.21. The third-order valence-electron chi connectivity index (χ3n) is 4.74. The second-order valence-corrected chi connectivity index (χ2v) is 6.57. The highest BCUT2D eigenvalue weighted by Crippen LogP contribution is 2.16. The van der Waals surface area contributed by atoms with E-state index in [0.29, 0.717) is 12.6 Å². The van der Waals surface area contributed by atoms with Crippen LogP contribution in [-0.4, -0.2) is 54.6 Å². The first-order chi connectivity index (χ1) is 12.7. The molecule has 0 saturated carbocycles. The first-order valence-electron chi connectivity index (χ1n) is 9.12. The lowest BCUT2D eigenvalue weighted by Crippen LogP contribution is -2.52. The normalized spacial score (nSPS) is 16.6. The van der Waals surface area contributed by atoms with E-state index in [1.807, 2.05) is 18.2 Å². The van der Waals surface area contributed by atoms with Crippen LogP contribution in [0.3, 0.4) is 0 Å². The minimum atomic E-state index is -0.0661. The Morgan fingerprint density at radius 1 is 1.15 bits per heavy atom. The summed E-state index contributed by atoms with van der Waals surface area (Å²) in [5.74, 6) is -0.0661. The minimum Gasteiger partial charge on any atom is -0.369 e. The molecule has 0 aliphatic carbocycles. The number of nitrogens with one attached hydrogen (secondary N) is 1. The number of rotatable bonds is 6. The number of anilines is 1. The van der Waals surface area contributed by atoms with Crippen molar-refractivity contribution in [2.75, 3.05) is 37.6 Å². The lowest BCUT2D eigenvalue weighted by molar-refractivity contribution is -0.116. The molecule has 5 heteroatoms. The molecule has 2 heterocycles. The molecule has 1 amide bonds. The van der Waals surface area contributed by atoms with Crippen molar-refractivity contribution >= 4 is 17.7 Å². The van der Waals surface area contributed by atoms with E-state index in [1.54, 1.807) is 24.5 Å². The Labute approximate surface area is 155 Å². The van der Waals surface area contributed by atoms with Crippen LogP contribution in [0.15, 0.2) is 60.9 Å². The summed E-state index contributed by atoms with van der Waals surface area (Å²) in [5, 5.41) is 2.99. The summed E-state index contributed by atoms with van der Waals surface area (Å²) >= 11 is 0. The smallest absolute Gasteiger partial charge is 0.244 e. The molecule has 0 bridgehead atoms. The Bertz CT molecular complexity index is 709. The molecule has 136 valence electrons. The molecular formula is C21H26N4O. The summed E-state index contributed by atoms with van der Waals surface area (Å²) in [5.41, 5.74) is 2.21. The van der Waals surface area contributed by atoms with Crippen molar-refractivity contribution in [2.24, 2.45) is 0 Å². The van der Waals surface area contributed by atoms with Gasteiger partial charge in [-0.2, -0.15) is 0 Å². The molecule has 1 aromatic heterocycles. The summed E-state index contributed by atoms with van der Waals surface area (Å²) in [7, 11) is 0. The van der Waals surface area contributed by atoms with Gasteiger partial charge in [0.05, 0.1) is 0 Å². The topological polar surface area (TPSA) is 48.5 Å². The van der Waals surface area contributed by atoms with E-state index in [-0.39, 0.29) is 5.91 Å². The van der Waals surface area contributed by atoms with Gasteiger partial charge in [0.1, 0.15) is 0 Å². The van der Waals surface area contributed by atoms with Gasteiger partial charge in [-0.05, 0) is 36.8 Å². The van der Waals surface area contributed by atoms with E-state index >= 15 is 0 Å². The number of carbonyl (C=O) groups is 1. The molecule has 1 aromatic carbocycles. The summed E-state index contributed by atoms with van der Waals surface area (Å²) in [4.78, 5) is 20.9. The standard InChI is InChI=1S/C21H26N4O/c1-18(16-23-21(26)10-9-19-6-5-11-22-17-19)24-12-14-25(15-13-24)20-7-3-2-4-8-20/h2-11,17-18H,12-16H2,1H3,(H,23,26). The van der Waals surface area contributed by atoms with E-state index in [1.165, 1.54) is 5.69 Å². The van der Waals surface area contributed by atoms with E-state index in [9.17, 15) is 4.79 Å². The highest BCUT2D eigenvalue weighted by atomic mass is 16.1. The third kappa shape index (κ3) is 5.17. The fourth-order valence-electron chi connectivity index (χ4n) is 3.14. The van der Waals surface area contributed by atoms with Gasteiger partial charge in [0.15, 0.2) is 0 Å². The summed E-state index contributed by atoms with van der Waals surface area (Å²) in [6.45, 7) is 6.88. The Balaban J connectivity index is 1.41. The van der Waals surface area contributed by atoms with Crippen molar-refractivity contribution in [3.8, 4) is 0 Å². The van der Waals surface area contributed by atoms with Crippen molar-refractivity contribution in [3.05, 3.63) is 66.5 Å². The van der Waals surface area contributed by atoms with Crippen LogP contribution in [0.2, 0.25) is 0 Å². The largest absolute Gasteiger partial charge is 0.369 e. The van der Waals surface area contributed by atoms with Crippen LogP contribution >= 0.6 is 0 Å². The number of para-hydroxylation sites is 1. The van der Waals surface area contributed by atoms with Crippen molar-refractivity contribution in [1.82, 2.24) is 15.2 Å². The van der Waals surface area contributed by atoms with E-state index in [2.05, 4.69) is 51.3 Å². The van der Waals surface area contributed by atoms with Gasteiger partial charge >= 0.3 is 0 Å². The second-order valence-electron chi connectivity index (χ2n) is 6.57. The zero-order chi connectivity index (χ0) is 18.2. The predicted molar refractivity (Wildman–Crippen MR) is 106 cm³/mol. The average molecular weight is 350 g/mol. The average Bonchev–Trinajstić information content (AvgIpc) is 2.72.